The molecule has 2 aromatic rings. The van der Waals surface area contributed by atoms with E-state index in [0.29, 0.717) is 5.56 Å². The molecule has 13 heavy (non-hydrogen) atoms. The molecule has 64 valence electrons. The van der Waals surface area contributed by atoms with Crippen LogP contribution in [0.5, 0.6) is 0 Å². The number of H-pyrrole nitrogens is 1. The van der Waals surface area contributed by atoms with Gasteiger partial charge in [-0.2, -0.15) is 5.10 Å². The van der Waals surface area contributed by atoms with E-state index in [2.05, 4.69) is 20.2 Å². The van der Waals surface area contributed by atoms with Gasteiger partial charge in [-0.05, 0) is 0 Å². The van der Waals surface area contributed by atoms with Crippen LogP contribution in [0.15, 0.2) is 35.8 Å². The van der Waals surface area contributed by atoms with Crippen LogP contribution >= 0.6 is 0 Å². The summed E-state index contributed by atoms with van der Waals surface area (Å²) >= 11 is 0. The van der Waals surface area contributed by atoms with Crippen molar-refractivity contribution in [1.29, 1.82) is 0 Å². The van der Waals surface area contributed by atoms with Crippen molar-refractivity contribution in [2.24, 2.45) is 0 Å². The first kappa shape index (κ1) is 7.60. The smallest absolute Gasteiger partial charge is 0.264 e. The van der Waals surface area contributed by atoms with Gasteiger partial charge in [-0.1, -0.05) is 0 Å². The minimum absolute atomic E-state index is 0.235. The zero-order valence-electron chi connectivity index (χ0n) is 6.64. The van der Waals surface area contributed by atoms with Gasteiger partial charge in [0.25, 0.3) is 5.56 Å². The second kappa shape index (κ2) is 3.14. The monoisotopic (exact) mass is 174 g/mol. The normalized spacial score (nSPS) is 9.85. The third-order valence-corrected chi connectivity index (χ3v) is 1.56. The van der Waals surface area contributed by atoms with Gasteiger partial charge in [-0.15, -0.1) is 0 Å². The number of hydrogen-bond donors (Lipinski definition) is 1. The molecule has 2 heterocycles. The van der Waals surface area contributed by atoms with E-state index in [9.17, 15) is 4.79 Å². The molecule has 0 amide bonds. The molecule has 0 radical (unpaired) electrons. The van der Waals surface area contributed by atoms with Crippen molar-refractivity contribution in [1.82, 2.24) is 20.2 Å². The molecular weight excluding hydrogens is 168 g/mol. The third-order valence-electron chi connectivity index (χ3n) is 1.56. The summed E-state index contributed by atoms with van der Waals surface area (Å²) in [5.74, 6) is 0. The third kappa shape index (κ3) is 1.58. The summed E-state index contributed by atoms with van der Waals surface area (Å²) in [6.07, 6.45) is 6.25. The van der Waals surface area contributed by atoms with Crippen LogP contribution in [0.3, 0.4) is 0 Å². The van der Waals surface area contributed by atoms with Gasteiger partial charge >= 0.3 is 0 Å². The summed E-state index contributed by atoms with van der Waals surface area (Å²) in [5.41, 5.74) is 1.26. The van der Waals surface area contributed by atoms with Gasteiger partial charge in [0.1, 0.15) is 6.33 Å². The molecule has 0 aromatic carbocycles. The molecule has 0 atom stereocenters. The summed E-state index contributed by atoms with van der Waals surface area (Å²) in [5, 5.41) is 5.96. The highest BCUT2D eigenvalue weighted by Gasteiger charge is 1.97. The summed E-state index contributed by atoms with van der Waals surface area (Å²) in [6.45, 7) is 0. The van der Waals surface area contributed by atoms with Crippen molar-refractivity contribution < 1.29 is 0 Å². The molecule has 0 spiro atoms. The molecule has 0 aliphatic rings. The van der Waals surface area contributed by atoms with E-state index >= 15 is 0 Å². The Balaban J connectivity index is 2.54. The van der Waals surface area contributed by atoms with Crippen LogP contribution in [0, 0.1) is 0 Å². The van der Waals surface area contributed by atoms with Crippen LogP contribution in [0.2, 0.25) is 0 Å². The Hall–Kier alpha value is -2.04. The van der Waals surface area contributed by atoms with E-state index in [1.807, 2.05) is 0 Å². The van der Waals surface area contributed by atoms with Gasteiger partial charge in [-0.3, -0.25) is 4.79 Å². The fourth-order valence-electron chi connectivity index (χ4n) is 0.982. The lowest BCUT2D eigenvalue weighted by atomic mass is 10.2. The molecule has 2 rings (SSSR count). The number of aromatic amines is 1. The first-order chi connectivity index (χ1) is 6.36. The van der Waals surface area contributed by atoms with Crippen LogP contribution < -0.4 is 5.56 Å². The quantitative estimate of drug-likeness (QED) is 0.671. The van der Waals surface area contributed by atoms with Gasteiger partial charge in [0.15, 0.2) is 0 Å². The average molecular weight is 174 g/mol. The average Bonchev–Trinajstić information content (AvgIpc) is 2.19. The molecule has 2 aromatic heterocycles. The molecule has 0 saturated carbocycles. The minimum atomic E-state index is -0.235. The number of nitrogens with zero attached hydrogens (tertiary/aromatic N) is 3. The zero-order valence-corrected chi connectivity index (χ0v) is 6.64. The Morgan fingerprint density at radius 1 is 1.08 bits per heavy atom. The SMILES string of the molecule is O=c1cc(-c2cncnc2)cn[nH]1. The maximum Gasteiger partial charge on any atom is 0.264 e. The highest BCUT2D eigenvalue weighted by molar-refractivity contribution is 5.59. The number of nitrogens with one attached hydrogen (secondary N) is 1. The van der Waals surface area contributed by atoms with E-state index in [-0.39, 0.29) is 5.56 Å². The Kier molecular flexibility index (Phi) is 1.84. The van der Waals surface area contributed by atoms with Crippen LogP contribution in [-0.2, 0) is 0 Å². The summed E-state index contributed by atoms with van der Waals surface area (Å²) in [4.78, 5) is 18.6. The zero-order chi connectivity index (χ0) is 9.10. The second-order valence-electron chi connectivity index (χ2n) is 2.46. The molecule has 1 N–H and O–H groups in total. The molecule has 5 nitrogen and oxygen atoms in total. The molecule has 0 bridgehead atoms. The Morgan fingerprint density at radius 3 is 2.54 bits per heavy atom. The standard InChI is InChI=1S/C8H6N4O/c13-8-1-6(4-11-12-8)7-2-9-5-10-3-7/h1-5H,(H,12,13). The van der Waals surface area contributed by atoms with Gasteiger partial charge in [-0.25, -0.2) is 15.1 Å². The van der Waals surface area contributed by atoms with E-state index < -0.39 is 0 Å². The minimum Gasteiger partial charge on any atom is -0.268 e. The predicted molar refractivity (Wildman–Crippen MR) is 45.9 cm³/mol. The van der Waals surface area contributed by atoms with Crippen LogP contribution in [-0.4, -0.2) is 20.2 Å². The van der Waals surface area contributed by atoms with Gasteiger partial charge in [0.2, 0.25) is 0 Å². The molecule has 0 unspecified atom stereocenters. The van der Waals surface area contributed by atoms with Crippen molar-refractivity contribution in [3.05, 3.63) is 41.3 Å². The molecule has 5 heteroatoms. The Bertz CT molecular complexity index is 451. The van der Waals surface area contributed by atoms with Crippen LogP contribution in [0.1, 0.15) is 0 Å². The second-order valence-corrected chi connectivity index (χ2v) is 2.46. The van der Waals surface area contributed by atoms with E-state index in [1.165, 1.54) is 12.4 Å². The van der Waals surface area contributed by atoms with Crippen molar-refractivity contribution in [3.8, 4) is 11.1 Å². The highest BCUT2D eigenvalue weighted by atomic mass is 16.1. The molecule has 0 fully saturated rings. The Morgan fingerprint density at radius 2 is 1.85 bits per heavy atom. The van der Waals surface area contributed by atoms with E-state index in [1.54, 1.807) is 18.6 Å². The van der Waals surface area contributed by atoms with Crippen molar-refractivity contribution >= 4 is 0 Å². The predicted octanol–water partition coefficient (Wildman–Crippen LogP) is 0.227. The first-order valence-corrected chi connectivity index (χ1v) is 3.66. The van der Waals surface area contributed by atoms with Crippen LogP contribution in [0.25, 0.3) is 11.1 Å². The van der Waals surface area contributed by atoms with Gasteiger partial charge < -0.3 is 0 Å². The van der Waals surface area contributed by atoms with Crippen molar-refractivity contribution in [2.45, 2.75) is 0 Å². The van der Waals surface area contributed by atoms with Gasteiger partial charge in [0, 0.05) is 29.6 Å². The van der Waals surface area contributed by atoms with Crippen LogP contribution in [0.4, 0.5) is 0 Å². The van der Waals surface area contributed by atoms with E-state index in [4.69, 9.17) is 0 Å². The number of hydrogen-bond acceptors (Lipinski definition) is 4. The molecule has 0 aliphatic carbocycles. The summed E-state index contributed by atoms with van der Waals surface area (Å²) < 4.78 is 0. The fraction of sp³-hybridized carbons (Fsp3) is 0. The number of aromatic nitrogens is 4. The maximum absolute atomic E-state index is 10.9. The molecular formula is C8H6N4O. The summed E-state index contributed by atoms with van der Waals surface area (Å²) in [6, 6.07) is 1.45. The van der Waals surface area contributed by atoms with Crippen molar-refractivity contribution in [2.75, 3.05) is 0 Å². The first-order valence-electron chi connectivity index (χ1n) is 3.66. The fourth-order valence-corrected chi connectivity index (χ4v) is 0.982. The Labute approximate surface area is 73.5 Å². The topological polar surface area (TPSA) is 71.5 Å². The number of rotatable bonds is 1. The largest absolute Gasteiger partial charge is 0.268 e. The molecule has 0 saturated heterocycles. The molecule has 0 aliphatic heterocycles. The highest BCUT2D eigenvalue weighted by Crippen LogP contribution is 2.11. The van der Waals surface area contributed by atoms with Gasteiger partial charge in [0.05, 0.1) is 6.20 Å². The summed E-state index contributed by atoms with van der Waals surface area (Å²) in [7, 11) is 0. The lowest BCUT2D eigenvalue weighted by Crippen LogP contribution is -2.05. The lowest BCUT2D eigenvalue weighted by Gasteiger charge is -1.96. The lowest BCUT2D eigenvalue weighted by molar-refractivity contribution is 0.989. The van der Waals surface area contributed by atoms with Crippen molar-refractivity contribution in [3.63, 3.8) is 0 Å². The maximum atomic E-state index is 10.9. The van der Waals surface area contributed by atoms with E-state index in [0.717, 1.165) is 5.56 Å².